The van der Waals surface area contributed by atoms with Crippen LogP contribution in [0.3, 0.4) is 0 Å². The Bertz CT molecular complexity index is 1170. The minimum Gasteiger partial charge on any atom is -0.365 e. The third-order valence-corrected chi connectivity index (χ3v) is 5.34. The summed E-state index contributed by atoms with van der Waals surface area (Å²) in [7, 11) is -3.72. The van der Waals surface area contributed by atoms with Gasteiger partial charge >= 0.3 is 0 Å². The number of benzene rings is 1. The molecular weight excluding hydrogens is 372 g/mol. The molecule has 0 aliphatic rings. The molecule has 10 heteroatoms. The van der Waals surface area contributed by atoms with Crippen LogP contribution in [-0.2, 0) is 16.6 Å². The second-order valence-corrected chi connectivity index (χ2v) is 7.91. The van der Waals surface area contributed by atoms with Gasteiger partial charge in [0.2, 0.25) is 10.0 Å². The van der Waals surface area contributed by atoms with E-state index in [0.29, 0.717) is 23.8 Å². The lowest BCUT2D eigenvalue weighted by Gasteiger charge is -2.07. The van der Waals surface area contributed by atoms with Crippen LogP contribution in [0.15, 0.2) is 58.1 Å². The molecule has 3 N–H and O–H groups in total. The number of nitrogens with zero attached hydrogens (tertiary/aromatic N) is 4. The zero-order chi connectivity index (χ0) is 18.1. The van der Waals surface area contributed by atoms with Crippen LogP contribution in [0, 0.1) is 0 Å². The molecule has 0 atom stereocenters. The summed E-state index contributed by atoms with van der Waals surface area (Å²) in [6, 6.07) is 12.0. The summed E-state index contributed by atoms with van der Waals surface area (Å²) in [6.45, 7) is 0.401. The highest BCUT2D eigenvalue weighted by Gasteiger charge is 2.11. The monoisotopic (exact) mass is 386 g/mol. The number of anilines is 1. The minimum atomic E-state index is -3.72. The smallest absolute Gasteiger partial charge is 0.238 e. The van der Waals surface area contributed by atoms with Gasteiger partial charge in [0.15, 0.2) is 11.5 Å². The van der Waals surface area contributed by atoms with Crippen molar-refractivity contribution in [3.05, 3.63) is 58.8 Å². The van der Waals surface area contributed by atoms with Crippen molar-refractivity contribution in [1.82, 2.24) is 19.8 Å². The molecule has 1 aromatic carbocycles. The third kappa shape index (κ3) is 3.29. The maximum absolute atomic E-state index is 11.5. The predicted octanol–water partition coefficient (Wildman–Crippen LogP) is 2.11. The summed E-state index contributed by atoms with van der Waals surface area (Å²) in [5, 5.41) is 25.1. The number of hydrogen-bond donors (Lipinski definition) is 2. The number of aromatic nitrogens is 4. The summed E-state index contributed by atoms with van der Waals surface area (Å²) in [5.41, 5.74) is 2.38. The normalized spacial score (nSPS) is 11.7. The lowest BCUT2D eigenvalue weighted by atomic mass is 10.2. The van der Waals surface area contributed by atoms with Crippen molar-refractivity contribution in [2.45, 2.75) is 11.4 Å². The number of hydrogen-bond acceptors (Lipinski definition) is 7. The molecule has 0 aliphatic heterocycles. The number of rotatable bonds is 5. The van der Waals surface area contributed by atoms with Gasteiger partial charge in [0.1, 0.15) is 5.82 Å². The molecule has 0 fully saturated rings. The predicted molar refractivity (Wildman–Crippen MR) is 99.2 cm³/mol. The summed E-state index contributed by atoms with van der Waals surface area (Å²) in [6.07, 6.45) is 0. The van der Waals surface area contributed by atoms with Crippen LogP contribution in [0.1, 0.15) is 5.56 Å². The van der Waals surface area contributed by atoms with Crippen molar-refractivity contribution >= 4 is 32.8 Å². The maximum atomic E-state index is 11.5. The van der Waals surface area contributed by atoms with E-state index >= 15 is 0 Å². The first-order chi connectivity index (χ1) is 12.5. The quantitative estimate of drug-likeness (QED) is 0.543. The first-order valence-electron chi connectivity index (χ1n) is 7.61. The fraction of sp³-hybridized carbons (Fsp3) is 0.0625. The number of sulfonamides is 1. The molecule has 26 heavy (non-hydrogen) atoms. The molecule has 8 nitrogen and oxygen atoms in total. The van der Waals surface area contributed by atoms with Gasteiger partial charge in [-0.2, -0.15) is 15.9 Å². The van der Waals surface area contributed by atoms with Crippen LogP contribution in [0.5, 0.6) is 0 Å². The van der Waals surface area contributed by atoms with E-state index in [9.17, 15) is 8.42 Å². The molecular formula is C16H14N6O2S2. The van der Waals surface area contributed by atoms with E-state index in [1.807, 2.05) is 29.0 Å². The van der Waals surface area contributed by atoms with Gasteiger partial charge in [-0.3, -0.25) is 0 Å². The van der Waals surface area contributed by atoms with Crippen molar-refractivity contribution in [3.8, 4) is 11.4 Å². The van der Waals surface area contributed by atoms with Crippen LogP contribution in [0.2, 0.25) is 0 Å². The molecule has 0 saturated heterocycles. The Balaban J connectivity index is 1.59. The van der Waals surface area contributed by atoms with E-state index < -0.39 is 10.0 Å². The summed E-state index contributed by atoms with van der Waals surface area (Å²) in [4.78, 5) is 0.0822. The molecule has 4 aromatic rings. The average molecular weight is 386 g/mol. The molecule has 0 spiro atoms. The molecule has 0 amide bonds. The van der Waals surface area contributed by atoms with Crippen LogP contribution < -0.4 is 10.5 Å². The first-order valence-corrected chi connectivity index (χ1v) is 10.1. The Hall–Kier alpha value is -2.82. The summed E-state index contributed by atoms with van der Waals surface area (Å²) in [5.74, 6) is 1.29. The van der Waals surface area contributed by atoms with Crippen molar-refractivity contribution in [3.63, 3.8) is 0 Å². The zero-order valence-corrected chi connectivity index (χ0v) is 15.0. The van der Waals surface area contributed by atoms with Crippen molar-refractivity contribution in [2.75, 3.05) is 5.32 Å². The number of fused-ring (bicyclic) bond motifs is 1. The van der Waals surface area contributed by atoms with E-state index in [-0.39, 0.29) is 4.90 Å². The highest BCUT2D eigenvalue weighted by molar-refractivity contribution is 7.89. The molecule has 132 valence electrons. The van der Waals surface area contributed by atoms with Crippen LogP contribution >= 0.6 is 11.3 Å². The van der Waals surface area contributed by atoms with Crippen molar-refractivity contribution < 1.29 is 8.42 Å². The molecule has 0 saturated carbocycles. The molecule has 3 aromatic heterocycles. The topological polar surface area (TPSA) is 115 Å². The molecule has 3 heterocycles. The highest BCUT2D eigenvalue weighted by atomic mass is 32.2. The van der Waals surface area contributed by atoms with E-state index in [2.05, 4.69) is 20.6 Å². The molecule has 0 radical (unpaired) electrons. The van der Waals surface area contributed by atoms with Gasteiger partial charge in [0.05, 0.1) is 4.90 Å². The highest BCUT2D eigenvalue weighted by Crippen LogP contribution is 2.21. The number of primary sulfonamides is 1. The molecule has 4 rings (SSSR count). The lowest BCUT2D eigenvalue weighted by molar-refractivity contribution is 0.597. The minimum absolute atomic E-state index is 0.0822. The van der Waals surface area contributed by atoms with Crippen LogP contribution in [-0.4, -0.2) is 28.2 Å². The van der Waals surface area contributed by atoms with Gasteiger partial charge in [0.25, 0.3) is 0 Å². The standard InChI is InChI=1S/C16H14N6O2S2/c17-26(23,24)13-3-1-2-11(8-13)9-18-14-4-5-15-19-20-16(22(15)21-14)12-6-7-25-10-12/h1-8,10H,9H2,(H,18,21)(H2,17,23,24). The van der Waals surface area contributed by atoms with Crippen molar-refractivity contribution in [2.24, 2.45) is 5.14 Å². The number of thiophene rings is 1. The Kier molecular flexibility index (Phi) is 4.15. The van der Waals surface area contributed by atoms with Gasteiger partial charge in [0, 0.05) is 17.5 Å². The third-order valence-electron chi connectivity index (χ3n) is 3.74. The Morgan fingerprint density at radius 1 is 1.15 bits per heavy atom. The second kappa shape index (κ2) is 6.48. The fourth-order valence-electron chi connectivity index (χ4n) is 2.48. The Labute approximate surface area is 153 Å². The summed E-state index contributed by atoms with van der Waals surface area (Å²) >= 11 is 1.58. The molecule has 0 bridgehead atoms. The van der Waals surface area contributed by atoms with Crippen LogP contribution in [0.4, 0.5) is 5.82 Å². The zero-order valence-electron chi connectivity index (χ0n) is 13.4. The van der Waals surface area contributed by atoms with Gasteiger partial charge < -0.3 is 5.32 Å². The Morgan fingerprint density at radius 2 is 2.04 bits per heavy atom. The lowest BCUT2D eigenvalue weighted by Crippen LogP contribution is -2.12. The second-order valence-electron chi connectivity index (χ2n) is 5.57. The molecule has 0 aliphatic carbocycles. The average Bonchev–Trinajstić information content (AvgIpc) is 3.28. The maximum Gasteiger partial charge on any atom is 0.238 e. The first kappa shape index (κ1) is 16.6. The largest absolute Gasteiger partial charge is 0.365 e. The fourth-order valence-corrected chi connectivity index (χ4v) is 3.70. The van der Waals surface area contributed by atoms with Gasteiger partial charge in [-0.25, -0.2) is 13.6 Å². The van der Waals surface area contributed by atoms with E-state index in [4.69, 9.17) is 5.14 Å². The van der Waals surface area contributed by atoms with Gasteiger partial charge in [-0.05, 0) is 41.3 Å². The SMILES string of the molecule is NS(=O)(=O)c1cccc(CNc2ccc3nnc(-c4ccsc4)n3n2)c1. The summed E-state index contributed by atoms with van der Waals surface area (Å²) < 4.78 is 24.6. The van der Waals surface area contributed by atoms with Crippen molar-refractivity contribution in [1.29, 1.82) is 0 Å². The van der Waals surface area contributed by atoms with Gasteiger partial charge in [-0.1, -0.05) is 12.1 Å². The van der Waals surface area contributed by atoms with E-state index in [0.717, 1.165) is 11.1 Å². The van der Waals surface area contributed by atoms with Gasteiger partial charge in [-0.15, -0.1) is 15.3 Å². The Morgan fingerprint density at radius 3 is 2.81 bits per heavy atom. The molecule has 0 unspecified atom stereocenters. The number of nitrogens with two attached hydrogens (primary N) is 1. The number of nitrogens with one attached hydrogen (secondary N) is 1. The van der Waals surface area contributed by atoms with E-state index in [1.165, 1.54) is 12.1 Å². The van der Waals surface area contributed by atoms with Crippen LogP contribution in [0.25, 0.3) is 17.0 Å². The van der Waals surface area contributed by atoms with E-state index in [1.54, 1.807) is 28.0 Å².